The van der Waals surface area contributed by atoms with Crippen LogP contribution in [0.1, 0.15) is 0 Å². The number of anilines is 6. The highest BCUT2D eigenvalue weighted by atomic mass is 15.1. The van der Waals surface area contributed by atoms with Gasteiger partial charge in [-0.3, -0.25) is 0 Å². The first-order valence-electron chi connectivity index (χ1n) is 21.7. The molecule has 0 aliphatic rings. The van der Waals surface area contributed by atoms with E-state index >= 15 is 0 Å². The van der Waals surface area contributed by atoms with Gasteiger partial charge in [0.25, 0.3) is 0 Å². The highest BCUT2D eigenvalue weighted by molar-refractivity contribution is 6.23. The van der Waals surface area contributed by atoms with Crippen LogP contribution in [-0.4, -0.2) is 9.97 Å². The molecule has 0 bridgehead atoms. The van der Waals surface area contributed by atoms with Gasteiger partial charge >= 0.3 is 0 Å². The van der Waals surface area contributed by atoms with Gasteiger partial charge in [-0.05, 0) is 93.7 Å². The third-order valence-electron chi connectivity index (χ3n) is 12.4. The van der Waals surface area contributed by atoms with Gasteiger partial charge in [0.15, 0.2) is 0 Å². The summed E-state index contributed by atoms with van der Waals surface area (Å²) in [7, 11) is 0. The molecule has 4 heteroatoms. The Kier molecular flexibility index (Phi) is 9.12. The number of hydrogen-bond acceptors (Lipinski definition) is 4. The molecule has 1 aromatic heterocycles. The van der Waals surface area contributed by atoms with E-state index in [9.17, 15) is 0 Å². The first-order chi connectivity index (χ1) is 31.7. The summed E-state index contributed by atoms with van der Waals surface area (Å²) < 4.78 is 0. The van der Waals surface area contributed by atoms with E-state index in [0.29, 0.717) is 0 Å². The number of benzene rings is 11. The van der Waals surface area contributed by atoms with Crippen LogP contribution < -0.4 is 9.80 Å². The highest BCUT2D eigenvalue weighted by Gasteiger charge is 2.21. The van der Waals surface area contributed by atoms with Crippen LogP contribution in [0.25, 0.3) is 76.6 Å². The van der Waals surface area contributed by atoms with Gasteiger partial charge in [-0.2, -0.15) is 0 Å². The average Bonchev–Trinajstić information content (AvgIpc) is 3.37. The second-order valence-electron chi connectivity index (χ2n) is 16.2. The van der Waals surface area contributed by atoms with Crippen molar-refractivity contribution in [1.82, 2.24) is 9.97 Å². The monoisotopic (exact) mass is 816 g/mol. The zero-order valence-corrected chi connectivity index (χ0v) is 34.9. The van der Waals surface area contributed by atoms with Gasteiger partial charge in [0.1, 0.15) is 0 Å². The first kappa shape index (κ1) is 37.2. The van der Waals surface area contributed by atoms with E-state index in [1.165, 1.54) is 32.3 Å². The van der Waals surface area contributed by atoms with E-state index in [1.54, 1.807) is 0 Å². The number of nitrogens with zero attached hydrogens (tertiary/aromatic N) is 4. The van der Waals surface area contributed by atoms with Gasteiger partial charge in [-0.25, -0.2) is 9.97 Å². The molecular weight excluding hydrogens is 777 g/mol. The number of para-hydroxylation sites is 2. The summed E-state index contributed by atoms with van der Waals surface area (Å²) in [6, 6.07) is 86.2. The van der Waals surface area contributed by atoms with Gasteiger partial charge in [-0.15, -0.1) is 0 Å². The topological polar surface area (TPSA) is 32.3 Å². The van der Waals surface area contributed by atoms with Crippen molar-refractivity contribution in [1.29, 1.82) is 0 Å². The third-order valence-corrected chi connectivity index (χ3v) is 12.4. The predicted molar refractivity (Wildman–Crippen MR) is 270 cm³/mol. The van der Waals surface area contributed by atoms with Crippen molar-refractivity contribution in [3.05, 3.63) is 243 Å². The Morgan fingerprint density at radius 2 is 0.656 bits per heavy atom. The molecule has 4 nitrogen and oxygen atoms in total. The average molecular weight is 817 g/mol. The van der Waals surface area contributed by atoms with E-state index in [2.05, 4.69) is 252 Å². The van der Waals surface area contributed by atoms with Gasteiger partial charge in [0.2, 0.25) is 0 Å². The minimum atomic E-state index is 0.832. The van der Waals surface area contributed by atoms with E-state index in [4.69, 9.17) is 9.97 Å². The molecule has 0 aliphatic heterocycles. The maximum Gasteiger partial charge on any atom is 0.0979 e. The fourth-order valence-electron chi connectivity index (χ4n) is 9.35. The Bertz CT molecular complexity index is 3660. The molecule has 1 heterocycles. The number of aromatic nitrogens is 2. The number of fused-ring (bicyclic) bond motifs is 8. The molecular formula is C60H40N4. The smallest absolute Gasteiger partial charge is 0.0979 e. The van der Waals surface area contributed by atoms with Crippen LogP contribution in [0.15, 0.2) is 243 Å². The summed E-state index contributed by atoms with van der Waals surface area (Å²) in [4.78, 5) is 15.9. The quantitative estimate of drug-likeness (QED) is 0.143. The molecule has 0 unspecified atom stereocenters. The zero-order chi connectivity index (χ0) is 42.4. The molecule has 0 saturated carbocycles. The minimum Gasteiger partial charge on any atom is -0.310 e. The predicted octanol–water partition coefficient (Wildman–Crippen LogP) is 16.5. The lowest BCUT2D eigenvalue weighted by Crippen LogP contribution is -2.10. The largest absolute Gasteiger partial charge is 0.310 e. The van der Waals surface area contributed by atoms with Crippen molar-refractivity contribution >= 4 is 88.2 Å². The normalized spacial score (nSPS) is 11.4. The Morgan fingerprint density at radius 1 is 0.250 bits per heavy atom. The lowest BCUT2D eigenvalue weighted by Gasteiger charge is -2.27. The van der Waals surface area contributed by atoms with Crippen molar-refractivity contribution in [2.45, 2.75) is 0 Å². The van der Waals surface area contributed by atoms with Crippen LogP contribution in [0.4, 0.5) is 34.1 Å². The molecule has 12 rings (SSSR count). The lowest BCUT2D eigenvalue weighted by atomic mass is 9.97. The molecule has 0 aliphatic carbocycles. The number of rotatable bonds is 8. The molecule has 11 aromatic carbocycles. The fraction of sp³-hybridized carbons (Fsp3) is 0. The van der Waals surface area contributed by atoms with E-state index < -0.39 is 0 Å². The Balaban J connectivity index is 1.03. The van der Waals surface area contributed by atoms with Crippen molar-refractivity contribution in [3.8, 4) is 22.5 Å². The molecule has 0 amide bonds. The maximum absolute atomic E-state index is 5.63. The van der Waals surface area contributed by atoms with Gasteiger partial charge in [0.05, 0.1) is 28.1 Å². The van der Waals surface area contributed by atoms with Gasteiger partial charge in [0, 0.05) is 55.7 Å². The Hall–Kier alpha value is -8.60. The van der Waals surface area contributed by atoms with Crippen molar-refractivity contribution in [2.75, 3.05) is 9.80 Å². The Labute approximate surface area is 371 Å². The van der Waals surface area contributed by atoms with Crippen molar-refractivity contribution in [3.63, 3.8) is 0 Å². The second kappa shape index (κ2) is 15.7. The number of hydrogen-bond donors (Lipinski definition) is 0. The summed E-state index contributed by atoms with van der Waals surface area (Å²) in [5.41, 5.74) is 11.9. The molecule has 0 N–H and O–H groups in total. The van der Waals surface area contributed by atoms with Crippen LogP contribution >= 0.6 is 0 Å². The zero-order valence-electron chi connectivity index (χ0n) is 34.9. The lowest BCUT2D eigenvalue weighted by molar-refractivity contribution is 1.27. The van der Waals surface area contributed by atoms with Crippen LogP contribution in [-0.2, 0) is 0 Å². The summed E-state index contributed by atoms with van der Waals surface area (Å²) in [5.74, 6) is 0. The third kappa shape index (κ3) is 6.48. The molecule has 64 heavy (non-hydrogen) atoms. The minimum absolute atomic E-state index is 0.832. The molecule has 300 valence electrons. The summed E-state index contributed by atoms with van der Waals surface area (Å²) in [5, 5.41) is 9.31. The molecule has 0 saturated heterocycles. The van der Waals surface area contributed by atoms with E-state index in [-0.39, 0.29) is 0 Å². The van der Waals surface area contributed by atoms with Crippen molar-refractivity contribution in [2.24, 2.45) is 0 Å². The molecule has 0 radical (unpaired) electrons. The summed E-state index contributed by atoms with van der Waals surface area (Å²) >= 11 is 0. The highest BCUT2D eigenvalue weighted by Crippen LogP contribution is 2.43. The summed E-state index contributed by atoms with van der Waals surface area (Å²) in [6.45, 7) is 0. The van der Waals surface area contributed by atoms with Crippen molar-refractivity contribution < 1.29 is 0 Å². The van der Waals surface area contributed by atoms with Crippen LogP contribution in [0, 0.1) is 0 Å². The van der Waals surface area contributed by atoms with E-state index in [1.807, 2.05) is 0 Å². The molecule has 0 atom stereocenters. The SMILES string of the molecule is c1ccc(N(c2ccc(-c3nc4c5ccccc5c5ccccc5c4nc3-c3ccc(N(c4ccccc4)c4cccc5ccccc45)cc3)cc2)c2ccc3ccccc3c2)cc1. The van der Waals surface area contributed by atoms with Crippen LogP contribution in [0.2, 0.25) is 0 Å². The first-order valence-corrected chi connectivity index (χ1v) is 21.7. The molecule has 0 spiro atoms. The molecule has 12 aromatic rings. The van der Waals surface area contributed by atoms with Crippen LogP contribution in [0.5, 0.6) is 0 Å². The molecule has 0 fully saturated rings. The van der Waals surface area contributed by atoms with E-state index in [0.717, 1.165) is 78.4 Å². The standard InChI is InChI=1S/C60H40N4/c1-3-20-46(21-4-1)63(50-39-30-41-16-7-8-18-45(41)40-50)48-35-31-43(32-36-48)57-58(62-60-55-28-14-12-26-53(55)52-25-11-13-27-54(52)59(60)61-57)44-33-37-49(38-34-44)64(47-22-5-2-6-23-47)56-29-15-19-42-17-9-10-24-51(42)56/h1-40H. The summed E-state index contributed by atoms with van der Waals surface area (Å²) in [6.07, 6.45) is 0. The van der Waals surface area contributed by atoms with Crippen LogP contribution in [0.3, 0.4) is 0 Å². The Morgan fingerprint density at radius 3 is 1.23 bits per heavy atom. The maximum atomic E-state index is 5.63. The van der Waals surface area contributed by atoms with Gasteiger partial charge in [-0.1, -0.05) is 176 Å². The van der Waals surface area contributed by atoms with Gasteiger partial charge < -0.3 is 9.80 Å². The second-order valence-corrected chi connectivity index (χ2v) is 16.2. The fourth-order valence-corrected chi connectivity index (χ4v) is 9.35.